The fourth-order valence-corrected chi connectivity index (χ4v) is 3.93. The maximum absolute atomic E-state index is 12.8. The van der Waals surface area contributed by atoms with Crippen LogP contribution >= 0.6 is 0 Å². The first-order chi connectivity index (χ1) is 14.1. The number of benzene rings is 1. The second-order valence-electron chi connectivity index (χ2n) is 7.36. The lowest BCUT2D eigenvalue weighted by Gasteiger charge is -2.21. The molecule has 1 unspecified atom stereocenters. The Bertz CT molecular complexity index is 989. The zero-order chi connectivity index (χ0) is 20.0. The Hall–Kier alpha value is -3.04. The molecule has 1 fully saturated rings. The molecule has 150 valence electrons. The van der Waals surface area contributed by atoms with Gasteiger partial charge in [0.05, 0.1) is 24.6 Å². The second-order valence-corrected chi connectivity index (χ2v) is 7.36. The van der Waals surface area contributed by atoms with Crippen LogP contribution in [0.4, 0.5) is 5.69 Å². The van der Waals surface area contributed by atoms with E-state index in [-0.39, 0.29) is 18.3 Å². The molecule has 2 aromatic rings. The van der Waals surface area contributed by atoms with E-state index in [0.717, 1.165) is 5.56 Å². The van der Waals surface area contributed by atoms with E-state index in [2.05, 4.69) is 15.3 Å². The molecule has 1 aromatic carbocycles. The monoisotopic (exact) mass is 396 g/mol. The van der Waals surface area contributed by atoms with Crippen molar-refractivity contribution in [1.29, 1.82) is 0 Å². The fraction of sp³-hybridized carbons (Fsp3) is 0.400. The molecule has 0 saturated carbocycles. The first-order valence-corrected chi connectivity index (χ1v) is 9.46. The average Bonchev–Trinajstić information content (AvgIpc) is 3.35. The highest BCUT2D eigenvalue weighted by molar-refractivity contribution is 6.02. The van der Waals surface area contributed by atoms with Crippen LogP contribution in [0, 0.1) is 0 Å². The molecule has 1 N–H and O–H groups in total. The third-order valence-electron chi connectivity index (χ3n) is 5.55. The minimum Gasteiger partial charge on any atom is -0.489 e. The molecule has 3 aliphatic rings. The minimum absolute atomic E-state index is 0.00209. The number of nitrogens with one attached hydrogen (secondary N) is 1. The summed E-state index contributed by atoms with van der Waals surface area (Å²) in [5.41, 5.74) is 1.61. The number of ether oxygens (including phenoxy) is 3. The minimum atomic E-state index is -0.850. The van der Waals surface area contributed by atoms with E-state index in [0.29, 0.717) is 43.4 Å². The quantitative estimate of drug-likeness (QED) is 0.800. The molecular weight excluding hydrogens is 376 g/mol. The van der Waals surface area contributed by atoms with Gasteiger partial charge in [0.15, 0.2) is 0 Å². The molecule has 1 aromatic heterocycles. The molecular formula is C20H20N4O5. The molecule has 1 saturated heterocycles. The van der Waals surface area contributed by atoms with Gasteiger partial charge in [-0.25, -0.2) is 9.97 Å². The summed E-state index contributed by atoms with van der Waals surface area (Å²) in [5, 5.41) is 2.71. The number of amides is 2. The van der Waals surface area contributed by atoms with Gasteiger partial charge in [-0.05, 0) is 12.1 Å². The predicted molar refractivity (Wildman–Crippen MR) is 101 cm³/mol. The first-order valence-electron chi connectivity index (χ1n) is 9.46. The van der Waals surface area contributed by atoms with E-state index in [9.17, 15) is 9.59 Å². The van der Waals surface area contributed by atoms with Gasteiger partial charge in [-0.2, -0.15) is 0 Å². The second kappa shape index (κ2) is 6.78. The van der Waals surface area contributed by atoms with Gasteiger partial charge in [-0.15, -0.1) is 0 Å². The number of carbonyl (C=O) groups is 2. The maximum atomic E-state index is 12.8. The zero-order valence-corrected chi connectivity index (χ0v) is 15.9. The standard InChI is InChI=1S/C20H20N4O5/c1-24-14-4-2-3-5-15(14)28-10-13(19(24)26)22-18(25)17-21-8-12-9-29-20(16(12)23-17)6-7-27-11-20/h2-5,8,13H,6-7,9-11H2,1H3,(H,22,25)/t13?,20-/m0/s1. The summed E-state index contributed by atoms with van der Waals surface area (Å²) in [6.45, 7) is 1.43. The summed E-state index contributed by atoms with van der Waals surface area (Å²) in [4.78, 5) is 35.8. The van der Waals surface area contributed by atoms with Crippen LogP contribution in [0.5, 0.6) is 5.75 Å². The summed E-state index contributed by atoms with van der Waals surface area (Å²) in [5.74, 6) is -0.213. The number of anilines is 1. The van der Waals surface area contributed by atoms with Gasteiger partial charge < -0.3 is 24.4 Å². The Kier molecular flexibility index (Phi) is 4.21. The van der Waals surface area contributed by atoms with Crippen LogP contribution in [0.1, 0.15) is 28.3 Å². The van der Waals surface area contributed by atoms with Crippen molar-refractivity contribution in [3.8, 4) is 5.75 Å². The number of nitrogens with zero attached hydrogens (tertiary/aromatic N) is 3. The van der Waals surface area contributed by atoms with Crippen LogP contribution in [0.3, 0.4) is 0 Å². The highest BCUT2D eigenvalue weighted by atomic mass is 16.6. The third kappa shape index (κ3) is 2.93. The molecule has 0 radical (unpaired) electrons. The van der Waals surface area contributed by atoms with Gasteiger partial charge in [0.2, 0.25) is 5.82 Å². The number of hydrogen-bond acceptors (Lipinski definition) is 7. The van der Waals surface area contributed by atoms with Crippen LogP contribution in [-0.4, -0.2) is 54.7 Å². The number of rotatable bonds is 2. The van der Waals surface area contributed by atoms with Crippen LogP contribution in [-0.2, 0) is 26.5 Å². The molecule has 5 rings (SSSR count). The Balaban J connectivity index is 1.37. The summed E-state index contributed by atoms with van der Waals surface area (Å²) in [6, 6.07) is 6.39. The van der Waals surface area contributed by atoms with E-state index >= 15 is 0 Å². The van der Waals surface area contributed by atoms with Crippen LogP contribution in [0.25, 0.3) is 0 Å². The van der Waals surface area contributed by atoms with Crippen molar-refractivity contribution in [3.05, 3.63) is 47.5 Å². The normalized spacial score (nSPS) is 25.3. The van der Waals surface area contributed by atoms with E-state index in [1.54, 1.807) is 25.4 Å². The lowest BCUT2D eigenvalue weighted by atomic mass is 9.98. The summed E-state index contributed by atoms with van der Waals surface area (Å²) < 4.78 is 17.1. The number of aromatic nitrogens is 2. The number of fused-ring (bicyclic) bond motifs is 3. The summed E-state index contributed by atoms with van der Waals surface area (Å²) in [6.07, 6.45) is 2.30. The van der Waals surface area contributed by atoms with Crippen LogP contribution in [0.2, 0.25) is 0 Å². The molecule has 3 aliphatic heterocycles. The van der Waals surface area contributed by atoms with Crippen molar-refractivity contribution in [2.75, 3.05) is 31.8 Å². The Morgan fingerprint density at radius 2 is 2.21 bits per heavy atom. The van der Waals surface area contributed by atoms with Crippen molar-refractivity contribution in [2.45, 2.75) is 24.7 Å². The van der Waals surface area contributed by atoms with E-state index in [1.807, 2.05) is 12.1 Å². The Morgan fingerprint density at radius 3 is 3.03 bits per heavy atom. The van der Waals surface area contributed by atoms with Gasteiger partial charge in [0.25, 0.3) is 11.8 Å². The molecule has 2 atom stereocenters. The van der Waals surface area contributed by atoms with E-state index < -0.39 is 17.6 Å². The topological polar surface area (TPSA) is 103 Å². The largest absolute Gasteiger partial charge is 0.489 e. The van der Waals surface area contributed by atoms with E-state index in [4.69, 9.17) is 14.2 Å². The first kappa shape index (κ1) is 18.0. The predicted octanol–water partition coefficient (Wildman–Crippen LogP) is 0.776. The van der Waals surface area contributed by atoms with Crippen LogP contribution in [0.15, 0.2) is 30.5 Å². The fourth-order valence-electron chi connectivity index (χ4n) is 3.93. The average molecular weight is 396 g/mol. The van der Waals surface area contributed by atoms with Crippen molar-refractivity contribution in [2.24, 2.45) is 0 Å². The molecule has 1 spiro atoms. The Labute approximate surface area is 167 Å². The summed E-state index contributed by atoms with van der Waals surface area (Å²) in [7, 11) is 1.65. The third-order valence-corrected chi connectivity index (χ3v) is 5.55. The zero-order valence-electron chi connectivity index (χ0n) is 15.9. The maximum Gasteiger partial charge on any atom is 0.289 e. The Morgan fingerprint density at radius 1 is 1.34 bits per heavy atom. The molecule has 2 amide bonds. The SMILES string of the molecule is CN1C(=O)C(NC(=O)c2ncc3c(n2)[C@@]2(CCOC2)OC3)COc2ccccc21. The molecule has 9 heteroatoms. The number of likely N-dealkylation sites (N-methyl/N-ethyl adjacent to an activating group) is 1. The van der Waals surface area contributed by atoms with Gasteiger partial charge in [0, 0.05) is 31.8 Å². The van der Waals surface area contributed by atoms with Gasteiger partial charge in [-0.3, -0.25) is 9.59 Å². The molecule has 0 aliphatic carbocycles. The number of hydrogen-bond donors (Lipinski definition) is 1. The van der Waals surface area contributed by atoms with E-state index in [1.165, 1.54) is 4.90 Å². The van der Waals surface area contributed by atoms with Crippen LogP contribution < -0.4 is 15.0 Å². The lowest BCUT2D eigenvalue weighted by Crippen LogP contribution is -2.49. The number of carbonyl (C=O) groups excluding carboxylic acids is 2. The lowest BCUT2D eigenvalue weighted by molar-refractivity contribution is -0.120. The highest BCUT2D eigenvalue weighted by Gasteiger charge is 2.45. The van der Waals surface area contributed by atoms with Crippen molar-refractivity contribution in [3.63, 3.8) is 0 Å². The summed E-state index contributed by atoms with van der Waals surface area (Å²) >= 11 is 0. The van der Waals surface area contributed by atoms with Gasteiger partial charge >= 0.3 is 0 Å². The highest BCUT2D eigenvalue weighted by Crippen LogP contribution is 2.41. The smallest absolute Gasteiger partial charge is 0.289 e. The molecule has 4 heterocycles. The van der Waals surface area contributed by atoms with Crippen molar-refractivity contribution in [1.82, 2.24) is 15.3 Å². The van der Waals surface area contributed by atoms with Gasteiger partial charge in [0.1, 0.15) is 24.0 Å². The number of para-hydroxylation sites is 2. The molecule has 29 heavy (non-hydrogen) atoms. The molecule has 0 bridgehead atoms. The van der Waals surface area contributed by atoms with Gasteiger partial charge in [-0.1, -0.05) is 12.1 Å². The van der Waals surface area contributed by atoms with Crippen molar-refractivity contribution >= 4 is 17.5 Å². The van der Waals surface area contributed by atoms with Crippen molar-refractivity contribution < 1.29 is 23.8 Å². The molecule has 9 nitrogen and oxygen atoms in total.